The van der Waals surface area contributed by atoms with Gasteiger partial charge in [-0.1, -0.05) is 76.1 Å². The first-order valence-electron chi connectivity index (χ1n) is 9.02. The lowest BCUT2D eigenvalue weighted by Gasteiger charge is -2.15. The molecule has 3 rings (SSSR count). The topological polar surface area (TPSA) is 41.5 Å². The maximum atomic E-state index is 10.3. The summed E-state index contributed by atoms with van der Waals surface area (Å²) in [5.74, 6) is 0.849. The highest BCUT2D eigenvalue weighted by atomic mass is 79.9. The van der Waals surface area contributed by atoms with E-state index in [0.717, 1.165) is 26.9 Å². The van der Waals surface area contributed by atoms with Crippen molar-refractivity contribution >= 4 is 15.9 Å². The molecule has 0 heterocycles. The van der Waals surface area contributed by atoms with Gasteiger partial charge in [0.25, 0.3) is 0 Å². The van der Waals surface area contributed by atoms with E-state index in [0.29, 0.717) is 19.7 Å². The summed E-state index contributed by atoms with van der Waals surface area (Å²) in [4.78, 5) is 0. The van der Waals surface area contributed by atoms with Gasteiger partial charge in [-0.05, 0) is 36.2 Å². The number of ether oxygens (including phenoxy) is 1. The van der Waals surface area contributed by atoms with Crippen LogP contribution in [0.25, 0.3) is 0 Å². The van der Waals surface area contributed by atoms with Gasteiger partial charge < -0.3 is 15.2 Å². The molecule has 0 aliphatic rings. The maximum absolute atomic E-state index is 10.3. The molecular formula is C23H24BrNO2. The Bertz CT molecular complexity index is 867. The van der Waals surface area contributed by atoms with E-state index in [9.17, 15) is 5.11 Å². The van der Waals surface area contributed by atoms with E-state index in [1.807, 2.05) is 54.6 Å². The molecule has 1 atom stereocenters. The first kappa shape index (κ1) is 19.6. The predicted molar refractivity (Wildman–Crippen MR) is 113 cm³/mol. The molecule has 0 saturated heterocycles. The molecule has 0 bridgehead atoms. The molecule has 0 aliphatic heterocycles. The molecule has 0 aromatic heterocycles. The first-order chi connectivity index (χ1) is 13.1. The minimum atomic E-state index is -0.532. The van der Waals surface area contributed by atoms with Crippen molar-refractivity contribution in [1.82, 2.24) is 5.32 Å². The summed E-state index contributed by atoms with van der Waals surface area (Å²) in [6.45, 7) is 3.71. The fraction of sp³-hybridized carbons (Fsp3) is 0.217. The van der Waals surface area contributed by atoms with E-state index in [2.05, 4.69) is 46.4 Å². The lowest BCUT2D eigenvalue weighted by Crippen LogP contribution is -2.21. The van der Waals surface area contributed by atoms with Crippen LogP contribution in [-0.4, -0.2) is 11.7 Å². The standard InChI is InChI=1S/C23H24BrNO2/c1-17-6-5-7-18(12-17)16-27-23-11-10-21(24)13-20(23)14-25-15-22(26)19-8-3-2-4-9-19/h2-13,22,25-26H,14-16H2,1H3/t22-/m0/s1. The summed E-state index contributed by atoms with van der Waals surface area (Å²) in [5, 5.41) is 13.6. The van der Waals surface area contributed by atoms with Gasteiger partial charge in [0, 0.05) is 23.1 Å². The lowest BCUT2D eigenvalue weighted by molar-refractivity contribution is 0.174. The van der Waals surface area contributed by atoms with Crippen LogP contribution in [0, 0.1) is 6.92 Å². The molecule has 140 valence electrons. The van der Waals surface area contributed by atoms with Crippen molar-refractivity contribution in [2.45, 2.75) is 26.2 Å². The van der Waals surface area contributed by atoms with Crippen molar-refractivity contribution < 1.29 is 9.84 Å². The number of halogens is 1. The van der Waals surface area contributed by atoms with Crippen molar-refractivity contribution in [2.24, 2.45) is 0 Å². The van der Waals surface area contributed by atoms with Crippen LogP contribution in [-0.2, 0) is 13.2 Å². The van der Waals surface area contributed by atoms with Crippen molar-refractivity contribution in [3.05, 3.63) is 99.5 Å². The van der Waals surface area contributed by atoms with Gasteiger partial charge >= 0.3 is 0 Å². The van der Waals surface area contributed by atoms with E-state index >= 15 is 0 Å². The highest BCUT2D eigenvalue weighted by Gasteiger charge is 2.09. The third-order valence-electron chi connectivity index (χ3n) is 4.34. The fourth-order valence-electron chi connectivity index (χ4n) is 2.93. The Hall–Kier alpha value is -2.14. The summed E-state index contributed by atoms with van der Waals surface area (Å²) in [5.41, 5.74) is 4.34. The zero-order valence-electron chi connectivity index (χ0n) is 15.4. The number of aliphatic hydroxyl groups excluding tert-OH is 1. The van der Waals surface area contributed by atoms with E-state index < -0.39 is 6.10 Å². The van der Waals surface area contributed by atoms with Gasteiger partial charge in [-0.15, -0.1) is 0 Å². The van der Waals surface area contributed by atoms with E-state index in [-0.39, 0.29) is 0 Å². The molecule has 0 unspecified atom stereocenters. The molecule has 0 saturated carbocycles. The summed E-state index contributed by atoms with van der Waals surface area (Å²) >= 11 is 3.53. The SMILES string of the molecule is Cc1cccc(COc2ccc(Br)cc2CNC[C@H](O)c2ccccc2)c1. The molecule has 3 aromatic rings. The van der Waals surface area contributed by atoms with Gasteiger partial charge in [0.15, 0.2) is 0 Å². The quantitative estimate of drug-likeness (QED) is 0.523. The molecule has 0 radical (unpaired) electrons. The van der Waals surface area contributed by atoms with Gasteiger partial charge in [-0.25, -0.2) is 0 Å². The minimum absolute atomic E-state index is 0.480. The van der Waals surface area contributed by atoms with Crippen LogP contribution < -0.4 is 10.1 Å². The van der Waals surface area contributed by atoms with Crippen LogP contribution in [0.3, 0.4) is 0 Å². The van der Waals surface area contributed by atoms with Gasteiger partial charge in [0.1, 0.15) is 12.4 Å². The van der Waals surface area contributed by atoms with Crippen molar-refractivity contribution in [2.75, 3.05) is 6.54 Å². The molecule has 4 heteroatoms. The third-order valence-corrected chi connectivity index (χ3v) is 4.83. The molecule has 0 spiro atoms. The van der Waals surface area contributed by atoms with E-state index in [1.165, 1.54) is 5.56 Å². The molecule has 0 aliphatic carbocycles. The molecule has 3 aromatic carbocycles. The van der Waals surface area contributed by atoms with Gasteiger partial charge in [0.05, 0.1) is 6.10 Å². The van der Waals surface area contributed by atoms with Gasteiger partial charge in [0.2, 0.25) is 0 Å². The Kier molecular flexibility index (Phi) is 7.04. The lowest BCUT2D eigenvalue weighted by atomic mass is 10.1. The largest absolute Gasteiger partial charge is 0.489 e. The van der Waals surface area contributed by atoms with E-state index in [4.69, 9.17) is 4.74 Å². The van der Waals surface area contributed by atoms with Crippen molar-refractivity contribution in [1.29, 1.82) is 0 Å². The second kappa shape index (κ2) is 9.70. The summed E-state index contributed by atoms with van der Waals surface area (Å²) in [6.07, 6.45) is -0.532. The first-order valence-corrected chi connectivity index (χ1v) is 9.81. The van der Waals surface area contributed by atoms with E-state index in [1.54, 1.807) is 0 Å². The predicted octanol–water partition coefficient (Wildman–Crippen LogP) is 5.16. The number of aryl methyl sites for hydroxylation is 1. The smallest absolute Gasteiger partial charge is 0.124 e. The summed E-state index contributed by atoms with van der Waals surface area (Å²) < 4.78 is 7.06. The average Bonchev–Trinajstić information content (AvgIpc) is 2.68. The molecule has 27 heavy (non-hydrogen) atoms. The number of hydrogen-bond acceptors (Lipinski definition) is 3. The Morgan fingerprint density at radius 1 is 1.00 bits per heavy atom. The van der Waals surface area contributed by atoms with Crippen LogP contribution in [0.4, 0.5) is 0 Å². The monoisotopic (exact) mass is 425 g/mol. The average molecular weight is 426 g/mol. The third kappa shape index (κ3) is 5.93. The number of aliphatic hydroxyl groups is 1. The number of rotatable bonds is 8. The number of hydrogen-bond donors (Lipinski definition) is 2. The van der Waals surface area contributed by atoms with Gasteiger partial charge in [-0.3, -0.25) is 0 Å². The summed E-state index contributed by atoms with van der Waals surface area (Å²) in [7, 11) is 0. The zero-order valence-corrected chi connectivity index (χ0v) is 16.9. The second-order valence-corrected chi connectivity index (χ2v) is 7.50. The normalized spacial score (nSPS) is 12.0. The molecule has 2 N–H and O–H groups in total. The van der Waals surface area contributed by atoms with Crippen LogP contribution in [0.5, 0.6) is 5.75 Å². The van der Waals surface area contributed by atoms with Crippen LogP contribution in [0.2, 0.25) is 0 Å². The minimum Gasteiger partial charge on any atom is -0.489 e. The van der Waals surface area contributed by atoms with Crippen molar-refractivity contribution in [3.63, 3.8) is 0 Å². The Morgan fingerprint density at radius 2 is 1.81 bits per heavy atom. The van der Waals surface area contributed by atoms with Crippen molar-refractivity contribution in [3.8, 4) is 5.75 Å². The molecular weight excluding hydrogens is 402 g/mol. The van der Waals surface area contributed by atoms with Crippen LogP contribution in [0.1, 0.15) is 28.4 Å². The number of nitrogens with one attached hydrogen (secondary N) is 1. The molecule has 0 fully saturated rings. The summed E-state index contributed by atoms with van der Waals surface area (Å²) in [6, 6.07) is 24.0. The highest BCUT2D eigenvalue weighted by molar-refractivity contribution is 9.10. The zero-order chi connectivity index (χ0) is 19.1. The van der Waals surface area contributed by atoms with Gasteiger partial charge in [-0.2, -0.15) is 0 Å². The Balaban J connectivity index is 1.60. The van der Waals surface area contributed by atoms with Crippen LogP contribution >= 0.6 is 15.9 Å². The Labute approximate surface area is 169 Å². The van der Waals surface area contributed by atoms with Crippen LogP contribution in [0.15, 0.2) is 77.3 Å². The maximum Gasteiger partial charge on any atom is 0.124 e. The fourth-order valence-corrected chi connectivity index (χ4v) is 3.34. The highest BCUT2D eigenvalue weighted by Crippen LogP contribution is 2.24. The molecule has 3 nitrogen and oxygen atoms in total. The number of benzene rings is 3. The second-order valence-electron chi connectivity index (χ2n) is 6.59. The Morgan fingerprint density at radius 3 is 2.59 bits per heavy atom. The molecule has 0 amide bonds.